The van der Waals surface area contributed by atoms with Gasteiger partial charge in [0.25, 0.3) is 5.97 Å². The van der Waals surface area contributed by atoms with Crippen LogP contribution in [0.3, 0.4) is 0 Å². The summed E-state index contributed by atoms with van der Waals surface area (Å²) in [6.07, 6.45) is 2.20. The van der Waals surface area contributed by atoms with Crippen molar-refractivity contribution in [3.63, 3.8) is 0 Å². The van der Waals surface area contributed by atoms with E-state index in [1.165, 1.54) is 6.92 Å². The summed E-state index contributed by atoms with van der Waals surface area (Å²) in [5.41, 5.74) is -5.36. The van der Waals surface area contributed by atoms with E-state index in [0.29, 0.717) is 12.0 Å². The summed E-state index contributed by atoms with van der Waals surface area (Å²) in [4.78, 5) is 26.9. The molecule has 8 rings (SSSR count). The normalized spacial score (nSPS) is 59.2. The molecule has 15 atom stereocenters. The maximum Gasteiger partial charge on any atom is 0.344 e. The Bertz CT molecular complexity index is 1290. The minimum atomic E-state index is -1.89. The standard InChI is InChI=1S/C32H44O11/c1-15(2)30-22(37-18(5)34)17(4)31-20-23-28(14-33,38-23)25(35)32-21(31)19(27(6,41-32)40-26(32)36)16(3)12-10-8-7-9-11-13-29(42-30,43-31)39-24(20)30/h16-17,19-25,33,35H,1,7-14H2,2-6H3/t16-,17-,19-,20+,21+,22-,23+,24-,25-,27+,28+,29?,30+,31-,32+/m1/s1. The first-order chi connectivity index (χ1) is 20.3. The van der Waals surface area contributed by atoms with Gasteiger partial charge in [0.2, 0.25) is 11.4 Å². The number of carbonyl (C=O) groups excluding carboxylic acids is 2. The molecule has 0 aromatic carbocycles. The molecule has 8 aliphatic rings. The van der Waals surface area contributed by atoms with Crippen LogP contribution in [0.2, 0.25) is 0 Å². The van der Waals surface area contributed by atoms with Crippen LogP contribution in [0.5, 0.6) is 0 Å². The Hall–Kier alpha value is -1.60. The molecule has 1 unspecified atom stereocenters. The van der Waals surface area contributed by atoms with Gasteiger partial charge in [-0.3, -0.25) is 4.79 Å². The highest BCUT2D eigenvalue weighted by Gasteiger charge is 2.95. The fourth-order valence-corrected chi connectivity index (χ4v) is 11.1. The number of carbonyl (C=O) groups is 2. The largest absolute Gasteiger partial charge is 0.459 e. The van der Waals surface area contributed by atoms with Crippen molar-refractivity contribution >= 4 is 11.9 Å². The highest BCUT2D eigenvalue weighted by molar-refractivity contribution is 5.86. The third-order valence-electron chi connectivity index (χ3n) is 12.6. The Labute approximate surface area is 251 Å². The molecule has 0 amide bonds. The first-order valence-electron chi connectivity index (χ1n) is 16.1. The van der Waals surface area contributed by atoms with E-state index in [4.69, 9.17) is 33.2 Å². The van der Waals surface area contributed by atoms with Crippen molar-refractivity contribution in [2.75, 3.05) is 6.61 Å². The van der Waals surface area contributed by atoms with Crippen LogP contribution in [0.4, 0.5) is 0 Å². The Morgan fingerprint density at radius 3 is 2.44 bits per heavy atom. The maximum atomic E-state index is 14.2. The highest BCUT2D eigenvalue weighted by Crippen LogP contribution is 2.77. The fraction of sp³-hybridized carbons (Fsp3) is 0.875. The van der Waals surface area contributed by atoms with E-state index in [-0.39, 0.29) is 11.8 Å². The number of hydrogen-bond acceptors (Lipinski definition) is 11. The van der Waals surface area contributed by atoms with Gasteiger partial charge in [-0.2, -0.15) is 0 Å². The number of esters is 2. The molecule has 0 aromatic heterocycles. The number of ether oxygens (including phenoxy) is 7. The fourth-order valence-electron chi connectivity index (χ4n) is 11.1. The summed E-state index contributed by atoms with van der Waals surface area (Å²) in [7, 11) is 0. The van der Waals surface area contributed by atoms with Gasteiger partial charge < -0.3 is 43.4 Å². The zero-order valence-corrected chi connectivity index (χ0v) is 25.6. The van der Waals surface area contributed by atoms with Gasteiger partial charge in [0.05, 0.1) is 12.2 Å². The summed E-state index contributed by atoms with van der Waals surface area (Å²) < 4.78 is 46.5. The molecule has 3 spiro atoms. The molecule has 11 heteroatoms. The van der Waals surface area contributed by atoms with Gasteiger partial charge in [0.15, 0.2) is 5.60 Å². The topological polar surface area (TPSA) is 143 Å². The lowest BCUT2D eigenvalue weighted by Gasteiger charge is -2.63. The van der Waals surface area contributed by atoms with Gasteiger partial charge in [0, 0.05) is 43.9 Å². The first-order valence-corrected chi connectivity index (χ1v) is 16.1. The lowest BCUT2D eigenvalue weighted by molar-refractivity contribution is -0.436. The average Bonchev–Trinajstić information content (AvgIpc) is 3.43. The summed E-state index contributed by atoms with van der Waals surface area (Å²) in [6.45, 7) is 12.9. The molecule has 6 heterocycles. The summed E-state index contributed by atoms with van der Waals surface area (Å²) in [5.74, 6) is -6.35. The molecule has 238 valence electrons. The van der Waals surface area contributed by atoms with E-state index in [1.54, 1.807) is 6.92 Å². The lowest BCUT2D eigenvalue weighted by Crippen LogP contribution is -2.78. The third kappa shape index (κ3) is 3.07. The van der Waals surface area contributed by atoms with Crippen LogP contribution in [0, 0.1) is 29.6 Å². The van der Waals surface area contributed by atoms with Gasteiger partial charge in [-0.1, -0.05) is 52.5 Å². The van der Waals surface area contributed by atoms with Crippen molar-refractivity contribution in [1.29, 1.82) is 0 Å². The maximum absolute atomic E-state index is 14.2. The molecule has 2 saturated carbocycles. The van der Waals surface area contributed by atoms with Crippen molar-refractivity contribution in [3.05, 3.63) is 12.2 Å². The lowest BCUT2D eigenvalue weighted by atomic mass is 9.49. The van der Waals surface area contributed by atoms with Crippen LogP contribution in [-0.4, -0.2) is 87.3 Å². The van der Waals surface area contributed by atoms with Crippen LogP contribution in [0.15, 0.2) is 12.2 Å². The molecular weight excluding hydrogens is 560 g/mol. The predicted octanol–water partition coefficient (Wildman–Crippen LogP) is 2.50. The van der Waals surface area contributed by atoms with Crippen LogP contribution >= 0.6 is 0 Å². The zero-order valence-electron chi connectivity index (χ0n) is 25.6. The van der Waals surface area contributed by atoms with Crippen molar-refractivity contribution in [3.8, 4) is 0 Å². The van der Waals surface area contributed by atoms with Crippen LogP contribution < -0.4 is 0 Å². The van der Waals surface area contributed by atoms with Crippen LogP contribution in [0.25, 0.3) is 0 Å². The van der Waals surface area contributed by atoms with E-state index in [0.717, 1.165) is 38.5 Å². The van der Waals surface area contributed by atoms with Crippen molar-refractivity contribution in [1.82, 2.24) is 0 Å². The monoisotopic (exact) mass is 604 g/mol. The molecule has 0 aromatic rings. The Balaban J connectivity index is 1.45. The number of aliphatic hydroxyl groups is 2. The summed E-state index contributed by atoms with van der Waals surface area (Å²) in [6, 6.07) is 0. The van der Waals surface area contributed by atoms with Gasteiger partial charge in [-0.25, -0.2) is 4.79 Å². The SMILES string of the molecule is C=C(C)[C@@]12OC34CCCCCCC[C@@H](C)[C@@H]5[C@@H]6[C@]7(O[C@]5(C)OC7=O)[C@H](O)[C@@]5(CO)O[C@H]5[C@@H]([C@H]1O3)[C@]6(O4)[C@H](C)[C@H]2OC(C)=O. The van der Waals surface area contributed by atoms with Gasteiger partial charge in [-0.15, -0.1) is 0 Å². The molecule has 2 N–H and O–H groups in total. The second-order valence-electron chi connectivity index (χ2n) is 14.8. The number of aliphatic hydroxyl groups excluding tert-OH is 2. The van der Waals surface area contributed by atoms with Crippen LogP contribution in [0.1, 0.15) is 79.6 Å². The quantitative estimate of drug-likeness (QED) is 0.279. The van der Waals surface area contributed by atoms with E-state index in [1.807, 2.05) is 13.8 Å². The minimum absolute atomic E-state index is 0.0153. The molecule has 5 bridgehead atoms. The van der Waals surface area contributed by atoms with Gasteiger partial charge in [0.1, 0.15) is 30.0 Å². The number of hydrogen-bond donors (Lipinski definition) is 2. The van der Waals surface area contributed by atoms with Crippen molar-refractivity contribution in [2.24, 2.45) is 29.6 Å². The van der Waals surface area contributed by atoms with E-state index in [2.05, 4.69) is 13.5 Å². The zero-order chi connectivity index (χ0) is 30.5. The average molecular weight is 605 g/mol. The van der Waals surface area contributed by atoms with Gasteiger partial charge in [-0.05, 0) is 24.8 Å². The molecule has 2 aliphatic carbocycles. The first kappa shape index (κ1) is 28.8. The highest BCUT2D eigenvalue weighted by atomic mass is 16.9. The molecule has 6 aliphatic heterocycles. The number of fused-ring (bicyclic) bond motifs is 3. The van der Waals surface area contributed by atoms with Crippen LogP contribution in [-0.2, 0) is 42.7 Å². The summed E-state index contributed by atoms with van der Waals surface area (Å²) in [5, 5.41) is 23.2. The number of rotatable bonds is 3. The van der Waals surface area contributed by atoms with Crippen molar-refractivity contribution < 1.29 is 53.0 Å². The summed E-state index contributed by atoms with van der Waals surface area (Å²) >= 11 is 0. The Kier molecular flexibility index (Phi) is 5.77. The van der Waals surface area contributed by atoms with Crippen molar-refractivity contribution in [2.45, 2.75) is 138 Å². The second-order valence-corrected chi connectivity index (χ2v) is 14.8. The molecular formula is C32H44O11. The van der Waals surface area contributed by atoms with E-state index >= 15 is 0 Å². The third-order valence-corrected chi connectivity index (χ3v) is 12.6. The Morgan fingerprint density at radius 1 is 1.02 bits per heavy atom. The smallest absolute Gasteiger partial charge is 0.344 e. The molecule has 11 nitrogen and oxygen atoms in total. The molecule has 8 fully saturated rings. The minimum Gasteiger partial charge on any atom is -0.459 e. The number of epoxide rings is 1. The molecule has 43 heavy (non-hydrogen) atoms. The van der Waals surface area contributed by atoms with E-state index < -0.39 is 94.9 Å². The Morgan fingerprint density at radius 2 is 1.74 bits per heavy atom. The van der Waals surface area contributed by atoms with E-state index in [9.17, 15) is 19.8 Å². The van der Waals surface area contributed by atoms with Gasteiger partial charge >= 0.3 is 11.9 Å². The molecule has 0 radical (unpaired) electrons. The molecule has 6 saturated heterocycles. The predicted molar refractivity (Wildman–Crippen MR) is 146 cm³/mol. The second kappa shape index (κ2) is 8.60.